The maximum absolute atomic E-state index is 12.8. The summed E-state index contributed by atoms with van der Waals surface area (Å²) in [6.07, 6.45) is -4.72. The van der Waals surface area contributed by atoms with Crippen molar-refractivity contribution in [2.75, 3.05) is 19.6 Å². The van der Waals surface area contributed by atoms with Crippen LogP contribution in [0.3, 0.4) is 0 Å². The molecule has 0 radical (unpaired) electrons. The second-order valence-corrected chi connectivity index (χ2v) is 7.10. The van der Waals surface area contributed by atoms with E-state index in [0.29, 0.717) is 6.42 Å². The number of nitrogens with zero attached hydrogens (tertiary/aromatic N) is 2. The zero-order valence-electron chi connectivity index (χ0n) is 14.2. The summed E-state index contributed by atoms with van der Waals surface area (Å²) in [4.78, 5) is 26.3. The van der Waals surface area contributed by atoms with Crippen molar-refractivity contribution in [3.05, 3.63) is 0 Å². The van der Waals surface area contributed by atoms with Gasteiger partial charge in [-0.25, -0.2) is 4.79 Å². The Kier molecular flexibility index (Phi) is 5.93. The van der Waals surface area contributed by atoms with Gasteiger partial charge in [-0.3, -0.25) is 4.79 Å². The molecule has 1 heterocycles. The van der Waals surface area contributed by atoms with Crippen molar-refractivity contribution in [2.45, 2.75) is 58.9 Å². The molecule has 1 aliphatic heterocycles. The van der Waals surface area contributed by atoms with E-state index in [1.165, 1.54) is 4.90 Å². The third kappa shape index (κ3) is 6.27. The van der Waals surface area contributed by atoms with Crippen LogP contribution in [0.2, 0.25) is 0 Å². The molecule has 134 valence electrons. The molecule has 1 saturated heterocycles. The molecule has 0 aliphatic carbocycles. The topological polar surface area (TPSA) is 49.9 Å². The number of amides is 2. The number of alkyl halides is 3. The van der Waals surface area contributed by atoms with Gasteiger partial charge >= 0.3 is 12.3 Å². The van der Waals surface area contributed by atoms with Crippen molar-refractivity contribution in [1.29, 1.82) is 0 Å². The van der Waals surface area contributed by atoms with Crippen molar-refractivity contribution in [3.63, 3.8) is 0 Å². The van der Waals surface area contributed by atoms with Crippen molar-refractivity contribution in [3.8, 4) is 0 Å². The number of hydrogen-bond donors (Lipinski definition) is 0. The average Bonchev–Trinajstić information content (AvgIpc) is 2.81. The van der Waals surface area contributed by atoms with Gasteiger partial charge in [0.15, 0.2) is 0 Å². The van der Waals surface area contributed by atoms with Gasteiger partial charge in [0.25, 0.3) is 0 Å². The van der Waals surface area contributed by atoms with Crippen LogP contribution in [0, 0.1) is 5.92 Å². The monoisotopic (exact) mass is 338 g/mol. The minimum atomic E-state index is -4.47. The molecule has 8 heteroatoms. The third-order valence-electron chi connectivity index (χ3n) is 3.38. The van der Waals surface area contributed by atoms with Gasteiger partial charge in [-0.05, 0) is 27.2 Å². The van der Waals surface area contributed by atoms with Crippen LogP contribution in [0.4, 0.5) is 18.0 Å². The summed E-state index contributed by atoms with van der Waals surface area (Å²) >= 11 is 0. The first-order valence-electron chi connectivity index (χ1n) is 7.65. The van der Waals surface area contributed by atoms with Gasteiger partial charge in [0.1, 0.15) is 12.1 Å². The highest BCUT2D eigenvalue weighted by molar-refractivity contribution is 5.78. The quantitative estimate of drug-likeness (QED) is 0.795. The second-order valence-electron chi connectivity index (χ2n) is 7.10. The minimum absolute atomic E-state index is 0.0590. The normalized spacial score (nSPS) is 19.2. The average molecular weight is 338 g/mol. The molecule has 23 heavy (non-hydrogen) atoms. The molecule has 2 amide bonds. The van der Waals surface area contributed by atoms with Crippen LogP contribution >= 0.6 is 0 Å². The minimum Gasteiger partial charge on any atom is -0.444 e. The summed E-state index contributed by atoms with van der Waals surface area (Å²) in [7, 11) is 0. The molecule has 0 spiro atoms. The van der Waals surface area contributed by atoms with Crippen LogP contribution in [0.25, 0.3) is 0 Å². The highest BCUT2D eigenvalue weighted by Crippen LogP contribution is 2.25. The Balaban J connectivity index is 2.79. The highest BCUT2D eigenvalue weighted by Gasteiger charge is 2.41. The smallest absolute Gasteiger partial charge is 0.410 e. The Morgan fingerprint density at radius 3 is 2.26 bits per heavy atom. The molecule has 0 aromatic carbocycles. The summed E-state index contributed by atoms with van der Waals surface area (Å²) in [5, 5.41) is 0. The molecule has 0 saturated carbocycles. The maximum Gasteiger partial charge on any atom is 0.410 e. The Hall–Kier alpha value is -1.47. The Bertz CT molecular complexity index is 444. The lowest BCUT2D eigenvalue weighted by Gasteiger charge is -2.31. The van der Waals surface area contributed by atoms with Crippen molar-refractivity contribution in [2.24, 2.45) is 5.92 Å². The number of hydrogen-bond acceptors (Lipinski definition) is 3. The van der Waals surface area contributed by atoms with Crippen molar-refractivity contribution in [1.82, 2.24) is 9.80 Å². The predicted molar refractivity (Wildman–Crippen MR) is 78.8 cm³/mol. The van der Waals surface area contributed by atoms with Gasteiger partial charge in [-0.1, -0.05) is 13.8 Å². The van der Waals surface area contributed by atoms with E-state index in [4.69, 9.17) is 4.74 Å². The lowest BCUT2D eigenvalue weighted by molar-refractivity contribution is -0.167. The molecule has 1 aliphatic rings. The number of carbonyl (C=O) groups excluding carboxylic acids is 2. The molecular formula is C15H25F3N2O3. The number of likely N-dealkylation sites (tertiary alicyclic amines) is 1. The zero-order chi connectivity index (χ0) is 18.0. The van der Waals surface area contributed by atoms with Gasteiger partial charge in [-0.2, -0.15) is 13.2 Å². The summed E-state index contributed by atoms with van der Waals surface area (Å²) in [6, 6.07) is -0.640. The van der Waals surface area contributed by atoms with E-state index in [1.54, 1.807) is 34.6 Å². The molecule has 0 aromatic heterocycles. The predicted octanol–water partition coefficient (Wildman–Crippen LogP) is 3.04. The molecule has 1 rings (SSSR count). The number of halogens is 3. The van der Waals surface area contributed by atoms with Crippen LogP contribution in [0.5, 0.6) is 0 Å². The van der Waals surface area contributed by atoms with E-state index in [9.17, 15) is 22.8 Å². The molecule has 5 nitrogen and oxygen atoms in total. The van der Waals surface area contributed by atoms with E-state index in [2.05, 4.69) is 0 Å². The first-order chi connectivity index (χ1) is 10.3. The SMILES string of the molecule is CC(C)C(=O)N(CC(F)(F)F)[C@H]1CCN(C(=O)OC(C)(C)C)C1. The summed E-state index contributed by atoms with van der Waals surface area (Å²) in [5.74, 6) is -1.09. The molecular weight excluding hydrogens is 313 g/mol. The first kappa shape index (κ1) is 19.6. The molecule has 1 atom stereocenters. The van der Waals surface area contributed by atoms with Gasteiger partial charge in [-0.15, -0.1) is 0 Å². The van der Waals surface area contributed by atoms with E-state index in [-0.39, 0.29) is 13.1 Å². The van der Waals surface area contributed by atoms with Gasteiger partial charge < -0.3 is 14.5 Å². The van der Waals surface area contributed by atoms with E-state index < -0.39 is 42.3 Å². The lowest BCUT2D eigenvalue weighted by Crippen LogP contribution is -2.49. The Morgan fingerprint density at radius 2 is 1.83 bits per heavy atom. The van der Waals surface area contributed by atoms with E-state index in [0.717, 1.165) is 4.90 Å². The van der Waals surface area contributed by atoms with Crippen LogP contribution in [0.15, 0.2) is 0 Å². The molecule has 0 unspecified atom stereocenters. The number of rotatable bonds is 3. The van der Waals surface area contributed by atoms with E-state index in [1.807, 2.05) is 0 Å². The van der Waals surface area contributed by atoms with Crippen molar-refractivity contribution >= 4 is 12.0 Å². The van der Waals surface area contributed by atoms with Gasteiger partial charge in [0, 0.05) is 19.0 Å². The van der Waals surface area contributed by atoms with Crippen LogP contribution in [-0.2, 0) is 9.53 Å². The van der Waals surface area contributed by atoms with Gasteiger partial charge in [0.2, 0.25) is 5.91 Å². The Labute approximate surface area is 134 Å². The fourth-order valence-corrected chi connectivity index (χ4v) is 2.40. The third-order valence-corrected chi connectivity index (χ3v) is 3.38. The molecule has 0 aromatic rings. The van der Waals surface area contributed by atoms with Crippen LogP contribution < -0.4 is 0 Å². The van der Waals surface area contributed by atoms with Crippen LogP contribution in [0.1, 0.15) is 41.0 Å². The maximum atomic E-state index is 12.8. The van der Waals surface area contributed by atoms with Crippen LogP contribution in [-0.4, -0.2) is 59.3 Å². The lowest BCUT2D eigenvalue weighted by atomic mass is 10.1. The molecule has 0 N–H and O–H groups in total. The molecule has 0 bridgehead atoms. The molecule has 1 fully saturated rings. The second kappa shape index (κ2) is 6.97. The highest BCUT2D eigenvalue weighted by atomic mass is 19.4. The van der Waals surface area contributed by atoms with E-state index >= 15 is 0 Å². The fraction of sp³-hybridized carbons (Fsp3) is 0.867. The number of ether oxygens (including phenoxy) is 1. The summed E-state index contributed by atoms with van der Waals surface area (Å²) in [5.41, 5.74) is -0.672. The van der Waals surface area contributed by atoms with Gasteiger partial charge in [0.05, 0.1) is 6.04 Å². The fourth-order valence-electron chi connectivity index (χ4n) is 2.40. The summed E-state index contributed by atoms with van der Waals surface area (Å²) in [6.45, 7) is 7.32. The van der Waals surface area contributed by atoms with Crippen molar-refractivity contribution < 1.29 is 27.5 Å². The summed E-state index contributed by atoms with van der Waals surface area (Å²) < 4.78 is 43.5. The zero-order valence-corrected chi connectivity index (χ0v) is 14.2. The number of carbonyl (C=O) groups is 2. The standard InChI is InChI=1S/C15H25F3N2O3/c1-10(2)12(21)20(9-15(16,17)18)11-6-7-19(8-11)13(22)23-14(3,4)5/h10-11H,6-9H2,1-5H3/t11-/m0/s1. The first-order valence-corrected chi connectivity index (χ1v) is 7.65. The Morgan fingerprint density at radius 1 is 1.26 bits per heavy atom. The largest absolute Gasteiger partial charge is 0.444 e.